The Morgan fingerprint density at radius 3 is 2.20 bits per heavy atom. The molecule has 0 bridgehead atoms. The van der Waals surface area contributed by atoms with Crippen molar-refractivity contribution in [3.05, 3.63) is 18.0 Å². The molecule has 0 aliphatic carbocycles. The Kier molecular flexibility index (Phi) is 7.25. The lowest BCUT2D eigenvalue weighted by atomic mass is 9.88. The molecule has 3 heteroatoms. The van der Waals surface area contributed by atoms with E-state index in [1.165, 1.54) is 32.1 Å². The van der Waals surface area contributed by atoms with Gasteiger partial charge < -0.3 is 4.57 Å². The van der Waals surface area contributed by atoms with Crippen LogP contribution in [0.25, 0.3) is 0 Å². The maximum atomic E-state index is 14.0. The molecule has 1 heterocycles. The molecule has 0 spiro atoms. The van der Waals surface area contributed by atoms with Crippen LogP contribution in [0.3, 0.4) is 0 Å². The summed E-state index contributed by atoms with van der Waals surface area (Å²) in [5.74, 6) is 0. The fourth-order valence-electron chi connectivity index (χ4n) is 2.88. The Bertz CT molecular complexity index is 386. The molecule has 0 radical (unpaired) electrons. The van der Waals surface area contributed by atoms with Crippen LogP contribution < -0.4 is 0 Å². The van der Waals surface area contributed by atoms with Crippen molar-refractivity contribution in [1.82, 2.24) is 9.55 Å². The molecule has 0 fully saturated rings. The molecule has 0 saturated carbocycles. The molecule has 1 aromatic heterocycles. The summed E-state index contributed by atoms with van der Waals surface area (Å²) in [6.45, 7) is 8.47. The normalized spacial score (nSPS) is 14.4. The first kappa shape index (κ1) is 17.2. The first-order chi connectivity index (χ1) is 9.53. The van der Waals surface area contributed by atoms with Crippen molar-refractivity contribution < 1.29 is 4.39 Å². The van der Waals surface area contributed by atoms with E-state index in [-0.39, 0.29) is 11.6 Å². The van der Waals surface area contributed by atoms with Crippen LogP contribution in [-0.4, -0.2) is 9.55 Å². The van der Waals surface area contributed by atoms with E-state index in [1.807, 2.05) is 13.1 Å². The number of rotatable bonds is 10. The number of hydrogen-bond donors (Lipinski definition) is 0. The molecule has 1 rings (SSSR count). The zero-order valence-corrected chi connectivity index (χ0v) is 13.7. The van der Waals surface area contributed by atoms with Crippen LogP contribution in [0.4, 0.5) is 4.39 Å². The van der Waals surface area contributed by atoms with E-state index >= 15 is 0 Å². The lowest BCUT2D eigenvalue weighted by molar-refractivity contribution is 0.221. The van der Waals surface area contributed by atoms with Crippen LogP contribution in [-0.2, 0) is 5.54 Å². The molecule has 1 aromatic rings. The van der Waals surface area contributed by atoms with Gasteiger partial charge >= 0.3 is 0 Å². The van der Waals surface area contributed by atoms with Crippen LogP contribution in [0.5, 0.6) is 0 Å². The highest BCUT2D eigenvalue weighted by atomic mass is 19.1. The van der Waals surface area contributed by atoms with Gasteiger partial charge in [0.05, 0.1) is 5.69 Å². The molecule has 116 valence electrons. The van der Waals surface area contributed by atoms with Crippen LogP contribution in [0.15, 0.2) is 6.20 Å². The molecular formula is C17H31FN2. The number of nitrogens with zero attached hydrogens (tertiary/aromatic N) is 2. The van der Waals surface area contributed by atoms with Crippen molar-refractivity contribution in [2.45, 2.75) is 91.0 Å². The highest BCUT2D eigenvalue weighted by Crippen LogP contribution is 2.31. The first-order valence-electron chi connectivity index (χ1n) is 8.25. The minimum absolute atomic E-state index is 0.117. The molecule has 20 heavy (non-hydrogen) atoms. The molecule has 1 unspecified atom stereocenters. The SMILES string of the molecule is CCCCCCCC(C)(CCCC)n1cc(C)nc1F. The number of unbranched alkanes of at least 4 members (excludes halogenated alkanes) is 5. The van der Waals surface area contributed by atoms with E-state index in [1.54, 1.807) is 4.57 Å². The van der Waals surface area contributed by atoms with Gasteiger partial charge in [0, 0.05) is 11.7 Å². The van der Waals surface area contributed by atoms with Crippen LogP contribution in [0.1, 0.15) is 84.3 Å². The van der Waals surface area contributed by atoms with Gasteiger partial charge in [-0.1, -0.05) is 58.8 Å². The van der Waals surface area contributed by atoms with Crippen molar-refractivity contribution in [3.63, 3.8) is 0 Å². The van der Waals surface area contributed by atoms with E-state index in [0.717, 1.165) is 31.4 Å². The average molecular weight is 282 g/mol. The highest BCUT2D eigenvalue weighted by Gasteiger charge is 2.28. The van der Waals surface area contributed by atoms with E-state index in [4.69, 9.17) is 0 Å². The van der Waals surface area contributed by atoms with Gasteiger partial charge in [0.1, 0.15) is 0 Å². The fraction of sp³-hybridized carbons (Fsp3) is 0.824. The van der Waals surface area contributed by atoms with Gasteiger partial charge in [-0.25, -0.2) is 4.98 Å². The molecule has 0 aromatic carbocycles. The van der Waals surface area contributed by atoms with Gasteiger partial charge in [0.25, 0.3) is 6.08 Å². The summed E-state index contributed by atoms with van der Waals surface area (Å²) in [7, 11) is 0. The summed E-state index contributed by atoms with van der Waals surface area (Å²) >= 11 is 0. The predicted octanol–water partition coefficient (Wildman–Crippen LogP) is 5.60. The van der Waals surface area contributed by atoms with E-state index in [9.17, 15) is 4.39 Å². The number of hydrogen-bond acceptors (Lipinski definition) is 1. The Morgan fingerprint density at radius 1 is 1.05 bits per heavy atom. The fourth-order valence-corrected chi connectivity index (χ4v) is 2.88. The van der Waals surface area contributed by atoms with Gasteiger partial charge in [-0.2, -0.15) is 4.39 Å². The topological polar surface area (TPSA) is 17.8 Å². The average Bonchev–Trinajstić information content (AvgIpc) is 2.76. The minimum atomic E-state index is -0.324. The Labute approximate surface area is 123 Å². The lowest BCUT2D eigenvalue weighted by Crippen LogP contribution is -2.31. The maximum absolute atomic E-state index is 14.0. The number of aromatic nitrogens is 2. The molecule has 0 saturated heterocycles. The zero-order chi connectivity index (χ0) is 15.0. The van der Waals surface area contributed by atoms with E-state index < -0.39 is 0 Å². The molecular weight excluding hydrogens is 251 g/mol. The highest BCUT2D eigenvalue weighted by molar-refractivity contribution is 4.99. The Hall–Kier alpha value is -0.860. The summed E-state index contributed by atoms with van der Waals surface area (Å²) in [6, 6.07) is 0. The maximum Gasteiger partial charge on any atom is 0.289 e. The van der Waals surface area contributed by atoms with Gasteiger partial charge in [-0.15, -0.1) is 0 Å². The summed E-state index contributed by atoms with van der Waals surface area (Å²) in [4.78, 5) is 3.94. The second kappa shape index (κ2) is 8.43. The molecule has 0 amide bonds. The summed E-state index contributed by atoms with van der Waals surface area (Å²) < 4.78 is 15.8. The molecule has 1 atom stereocenters. The molecule has 0 N–H and O–H groups in total. The standard InChI is InChI=1S/C17H31FN2/c1-5-7-9-10-11-13-17(4,12-8-6-2)20-14-15(3)19-16(20)18/h14H,5-13H2,1-4H3. The van der Waals surface area contributed by atoms with Crippen molar-refractivity contribution in [1.29, 1.82) is 0 Å². The monoisotopic (exact) mass is 282 g/mol. The largest absolute Gasteiger partial charge is 0.301 e. The lowest BCUT2D eigenvalue weighted by Gasteiger charge is -2.31. The van der Waals surface area contributed by atoms with Crippen LogP contribution in [0.2, 0.25) is 0 Å². The summed E-state index contributed by atoms with van der Waals surface area (Å²) in [5, 5.41) is 0. The van der Waals surface area contributed by atoms with Crippen molar-refractivity contribution >= 4 is 0 Å². The van der Waals surface area contributed by atoms with Gasteiger partial charge in [-0.3, -0.25) is 0 Å². The zero-order valence-electron chi connectivity index (χ0n) is 13.7. The van der Waals surface area contributed by atoms with Gasteiger partial charge in [-0.05, 0) is 26.7 Å². The van der Waals surface area contributed by atoms with E-state index in [0.29, 0.717) is 0 Å². The van der Waals surface area contributed by atoms with Gasteiger partial charge in [0.15, 0.2) is 0 Å². The number of halogens is 1. The van der Waals surface area contributed by atoms with Crippen LogP contribution in [0, 0.1) is 13.0 Å². The third kappa shape index (κ3) is 4.92. The predicted molar refractivity (Wildman–Crippen MR) is 83.5 cm³/mol. The second-order valence-corrected chi connectivity index (χ2v) is 6.29. The second-order valence-electron chi connectivity index (χ2n) is 6.29. The van der Waals surface area contributed by atoms with Crippen LogP contribution >= 0.6 is 0 Å². The third-order valence-electron chi connectivity index (χ3n) is 4.25. The Morgan fingerprint density at radius 2 is 1.65 bits per heavy atom. The molecule has 2 nitrogen and oxygen atoms in total. The number of imidazole rings is 1. The third-order valence-corrected chi connectivity index (χ3v) is 4.25. The molecule has 0 aliphatic heterocycles. The Balaban J connectivity index is 2.68. The van der Waals surface area contributed by atoms with Crippen molar-refractivity contribution in [2.75, 3.05) is 0 Å². The van der Waals surface area contributed by atoms with Crippen molar-refractivity contribution in [3.8, 4) is 0 Å². The quantitative estimate of drug-likeness (QED) is 0.511. The molecule has 0 aliphatic rings. The summed E-state index contributed by atoms with van der Waals surface area (Å²) in [5.41, 5.74) is 0.657. The van der Waals surface area contributed by atoms with Gasteiger partial charge in [0.2, 0.25) is 0 Å². The smallest absolute Gasteiger partial charge is 0.289 e. The minimum Gasteiger partial charge on any atom is -0.301 e. The van der Waals surface area contributed by atoms with Crippen molar-refractivity contribution in [2.24, 2.45) is 0 Å². The summed E-state index contributed by atoms with van der Waals surface area (Å²) in [6.07, 6.45) is 12.2. The van der Waals surface area contributed by atoms with E-state index in [2.05, 4.69) is 25.8 Å². The first-order valence-corrected chi connectivity index (χ1v) is 8.25. The number of aryl methyl sites for hydroxylation is 1.